The van der Waals surface area contributed by atoms with E-state index >= 15 is 0 Å². The monoisotopic (exact) mass is 372 g/mol. The molecule has 3 rings (SSSR count). The van der Waals surface area contributed by atoms with Crippen LogP contribution in [-0.4, -0.2) is 31.7 Å². The predicted molar refractivity (Wildman–Crippen MR) is 102 cm³/mol. The van der Waals surface area contributed by atoms with Gasteiger partial charge in [-0.15, -0.1) is 0 Å². The molecule has 0 saturated carbocycles. The molecular formula is C20H21ClN2O3. The summed E-state index contributed by atoms with van der Waals surface area (Å²) in [6.07, 6.45) is 3.19. The van der Waals surface area contributed by atoms with Crippen LogP contribution in [0.2, 0.25) is 5.02 Å². The molecule has 0 aromatic heterocycles. The summed E-state index contributed by atoms with van der Waals surface area (Å²) in [4.78, 5) is 14.2. The summed E-state index contributed by atoms with van der Waals surface area (Å²) < 4.78 is 10.6. The van der Waals surface area contributed by atoms with Gasteiger partial charge in [-0.05, 0) is 49.0 Å². The van der Waals surface area contributed by atoms with Gasteiger partial charge in [-0.1, -0.05) is 35.9 Å². The van der Waals surface area contributed by atoms with Gasteiger partial charge < -0.3 is 19.7 Å². The lowest BCUT2D eigenvalue weighted by Gasteiger charge is -2.14. The zero-order valence-electron chi connectivity index (χ0n) is 14.8. The molecular weight excluding hydrogens is 352 g/mol. The Morgan fingerprint density at radius 2 is 2.00 bits per heavy atom. The zero-order valence-corrected chi connectivity index (χ0v) is 15.5. The minimum atomic E-state index is -0.168. The van der Waals surface area contributed by atoms with Gasteiger partial charge in [0, 0.05) is 19.2 Å². The highest BCUT2D eigenvalue weighted by Crippen LogP contribution is 2.40. The Kier molecular flexibility index (Phi) is 5.81. The summed E-state index contributed by atoms with van der Waals surface area (Å²) in [6.45, 7) is 1.47. The van der Waals surface area contributed by atoms with Crippen molar-refractivity contribution in [3.63, 3.8) is 0 Å². The number of nitrogens with one attached hydrogen (secondary N) is 1. The number of rotatable bonds is 6. The average molecular weight is 373 g/mol. The lowest BCUT2D eigenvalue weighted by Crippen LogP contribution is -2.22. The Balaban J connectivity index is 1.61. The Morgan fingerprint density at radius 3 is 2.77 bits per heavy atom. The van der Waals surface area contributed by atoms with Crippen molar-refractivity contribution in [2.24, 2.45) is 0 Å². The maximum atomic E-state index is 12.1. The van der Waals surface area contributed by atoms with Crippen LogP contribution in [0.5, 0.6) is 11.5 Å². The van der Waals surface area contributed by atoms with E-state index < -0.39 is 0 Å². The van der Waals surface area contributed by atoms with E-state index in [4.69, 9.17) is 21.1 Å². The second kappa shape index (κ2) is 8.25. The lowest BCUT2D eigenvalue weighted by atomic mass is 10.1. The molecule has 0 bridgehead atoms. The number of hydrogen-bond donors (Lipinski definition) is 1. The fourth-order valence-electron chi connectivity index (χ4n) is 2.72. The quantitative estimate of drug-likeness (QED) is 0.789. The average Bonchev–Trinajstić information content (AvgIpc) is 3.08. The molecule has 0 saturated heterocycles. The number of nitrogens with zero attached hydrogens (tertiary/aromatic N) is 1. The highest BCUT2D eigenvalue weighted by molar-refractivity contribution is 6.32. The maximum absolute atomic E-state index is 12.1. The lowest BCUT2D eigenvalue weighted by molar-refractivity contribution is -0.116. The van der Waals surface area contributed by atoms with E-state index in [1.807, 2.05) is 32.3 Å². The van der Waals surface area contributed by atoms with Crippen LogP contribution in [0.15, 0.2) is 42.5 Å². The maximum Gasteiger partial charge on any atom is 0.244 e. The number of benzene rings is 2. The highest BCUT2D eigenvalue weighted by atomic mass is 35.5. The van der Waals surface area contributed by atoms with Crippen molar-refractivity contribution in [3.05, 3.63) is 64.2 Å². The van der Waals surface area contributed by atoms with E-state index in [0.717, 1.165) is 17.7 Å². The van der Waals surface area contributed by atoms with Gasteiger partial charge in [-0.2, -0.15) is 0 Å². The Bertz CT molecular complexity index is 834. The van der Waals surface area contributed by atoms with E-state index in [1.54, 1.807) is 18.2 Å². The molecule has 5 nitrogen and oxygen atoms in total. The number of carbonyl (C=O) groups is 1. The van der Waals surface area contributed by atoms with Crippen molar-refractivity contribution in [2.45, 2.75) is 13.1 Å². The summed E-state index contributed by atoms with van der Waals surface area (Å²) in [5.41, 5.74) is 3.08. The third kappa shape index (κ3) is 4.56. The smallest absolute Gasteiger partial charge is 0.244 e. The number of carbonyl (C=O) groups excluding carboxylic acids is 1. The molecule has 1 aliphatic rings. The molecule has 0 spiro atoms. The second-order valence-electron chi connectivity index (χ2n) is 6.29. The standard InChI is InChI=1S/C20H21ClN2O3/c1-23(2)12-16-6-4-3-5-15(16)11-22-19(24)8-7-14-9-17(21)20-18(10-14)25-13-26-20/h3-10H,11-13H2,1-2H3,(H,22,24)/b8-7+. The van der Waals surface area contributed by atoms with Gasteiger partial charge in [0.05, 0.1) is 5.02 Å². The van der Waals surface area contributed by atoms with Gasteiger partial charge in [0.2, 0.25) is 12.7 Å². The SMILES string of the molecule is CN(C)Cc1ccccc1CNC(=O)/C=C/c1cc(Cl)c2c(c1)OCO2. The largest absolute Gasteiger partial charge is 0.454 e. The van der Waals surface area contributed by atoms with E-state index in [0.29, 0.717) is 23.1 Å². The molecule has 2 aromatic carbocycles. The first kappa shape index (κ1) is 18.3. The minimum absolute atomic E-state index is 0.162. The van der Waals surface area contributed by atoms with Crippen molar-refractivity contribution in [2.75, 3.05) is 20.9 Å². The topological polar surface area (TPSA) is 50.8 Å². The molecule has 2 aromatic rings. The van der Waals surface area contributed by atoms with Gasteiger partial charge in [-0.25, -0.2) is 0 Å². The Hall–Kier alpha value is -2.50. The van der Waals surface area contributed by atoms with E-state index in [1.165, 1.54) is 11.6 Å². The Labute approximate surface area is 158 Å². The predicted octanol–water partition coefficient (Wildman–Crippen LogP) is 3.46. The summed E-state index contributed by atoms with van der Waals surface area (Å²) in [6, 6.07) is 11.6. The molecule has 1 aliphatic heterocycles. The molecule has 0 fully saturated rings. The van der Waals surface area contributed by atoms with Crippen LogP contribution in [-0.2, 0) is 17.9 Å². The number of hydrogen-bond acceptors (Lipinski definition) is 4. The number of fused-ring (bicyclic) bond motifs is 1. The fourth-order valence-corrected chi connectivity index (χ4v) is 3.00. The first-order valence-electron chi connectivity index (χ1n) is 8.29. The molecule has 1 amide bonds. The third-order valence-corrected chi connectivity index (χ3v) is 4.22. The third-order valence-electron chi connectivity index (χ3n) is 3.93. The van der Waals surface area contributed by atoms with Crippen molar-refractivity contribution < 1.29 is 14.3 Å². The first-order chi connectivity index (χ1) is 12.5. The minimum Gasteiger partial charge on any atom is -0.454 e. The van der Waals surface area contributed by atoms with Crippen LogP contribution in [0.1, 0.15) is 16.7 Å². The van der Waals surface area contributed by atoms with Gasteiger partial charge in [-0.3, -0.25) is 4.79 Å². The number of halogens is 1. The van der Waals surface area contributed by atoms with Gasteiger partial charge in [0.15, 0.2) is 11.5 Å². The molecule has 0 radical (unpaired) electrons. The van der Waals surface area contributed by atoms with Gasteiger partial charge in [0.25, 0.3) is 0 Å². The van der Waals surface area contributed by atoms with Crippen LogP contribution in [0.3, 0.4) is 0 Å². The normalized spacial score (nSPS) is 12.8. The molecule has 136 valence electrons. The number of amides is 1. The molecule has 1 N–H and O–H groups in total. The molecule has 0 aliphatic carbocycles. The van der Waals surface area contributed by atoms with E-state index in [2.05, 4.69) is 16.3 Å². The molecule has 0 unspecified atom stereocenters. The van der Waals surface area contributed by atoms with Crippen molar-refractivity contribution in [3.8, 4) is 11.5 Å². The van der Waals surface area contributed by atoms with Crippen LogP contribution >= 0.6 is 11.6 Å². The highest BCUT2D eigenvalue weighted by Gasteiger charge is 2.17. The summed E-state index contributed by atoms with van der Waals surface area (Å²) >= 11 is 6.15. The number of ether oxygens (including phenoxy) is 2. The van der Waals surface area contributed by atoms with Crippen LogP contribution < -0.4 is 14.8 Å². The van der Waals surface area contributed by atoms with Crippen molar-refractivity contribution in [1.29, 1.82) is 0 Å². The fraction of sp³-hybridized carbons (Fsp3) is 0.250. The van der Waals surface area contributed by atoms with Crippen LogP contribution in [0.25, 0.3) is 6.08 Å². The first-order valence-corrected chi connectivity index (χ1v) is 8.67. The summed E-state index contributed by atoms with van der Waals surface area (Å²) in [7, 11) is 4.04. The van der Waals surface area contributed by atoms with E-state index in [-0.39, 0.29) is 12.7 Å². The van der Waals surface area contributed by atoms with Gasteiger partial charge >= 0.3 is 0 Å². The van der Waals surface area contributed by atoms with Crippen molar-refractivity contribution >= 4 is 23.6 Å². The molecule has 1 heterocycles. The molecule has 6 heteroatoms. The van der Waals surface area contributed by atoms with E-state index in [9.17, 15) is 4.79 Å². The van der Waals surface area contributed by atoms with Crippen molar-refractivity contribution in [1.82, 2.24) is 10.2 Å². The zero-order chi connectivity index (χ0) is 18.5. The second-order valence-corrected chi connectivity index (χ2v) is 6.70. The van der Waals surface area contributed by atoms with Crippen LogP contribution in [0.4, 0.5) is 0 Å². The molecule has 0 atom stereocenters. The summed E-state index contributed by atoms with van der Waals surface area (Å²) in [5, 5.41) is 3.39. The summed E-state index contributed by atoms with van der Waals surface area (Å²) in [5.74, 6) is 0.972. The van der Waals surface area contributed by atoms with Crippen LogP contribution in [0, 0.1) is 0 Å². The Morgan fingerprint density at radius 1 is 1.23 bits per heavy atom. The van der Waals surface area contributed by atoms with Gasteiger partial charge in [0.1, 0.15) is 0 Å². The molecule has 26 heavy (non-hydrogen) atoms.